The molecule has 1 aromatic heterocycles. The van der Waals surface area contributed by atoms with Gasteiger partial charge in [-0.2, -0.15) is 0 Å². The van der Waals surface area contributed by atoms with E-state index in [0.717, 1.165) is 11.0 Å². The summed E-state index contributed by atoms with van der Waals surface area (Å²) in [5.74, 6) is 0.639. The Morgan fingerprint density at radius 2 is 2.00 bits per heavy atom. The van der Waals surface area contributed by atoms with E-state index in [1.54, 1.807) is 6.92 Å². The van der Waals surface area contributed by atoms with Crippen molar-refractivity contribution in [2.45, 2.75) is 33.4 Å². The van der Waals surface area contributed by atoms with E-state index in [-0.39, 0.29) is 17.7 Å². The number of rotatable bonds is 4. The standard InChI is InChI=1S/C14H17N3O2/c1-9(10(2)18)17-13-7-5-4-6-12(13)16-14(17)8-15-11(3)19/h4-7,9H,8H2,1-3H3,(H,15,19). The maximum absolute atomic E-state index is 11.6. The first-order valence-corrected chi connectivity index (χ1v) is 6.21. The number of hydrogen-bond acceptors (Lipinski definition) is 3. The van der Waals surface area contributed by atoms with E-state index in [2.05, 4.69) is 10.3 Å². The van der Waals surface area contributed by atoms with Crippen LogP contribution in [0.5, 0.6) is 0 Å². The van der Waals surface area contributed by atoms with Crippen LogP contribution in [0, 0.1) is 0 Å². The molecule has 0 spiro atoms. The molecule has 19 heavy (non-hydrogen) atoms. The van der Waals surface area contributed by atoms with Crippen molar-refractivity contribution in [3.05, 3.63) is 30.1 Å². The van der Waals surface area contributed by atoms with Gasteiger partial charge in [-0.25, -0.2) is 4.98 Å². The Balaban J connectivity index is 2.51. The molecule has 0 aliphatic rings. The molecule has 1 aromatic carbocycles. The first-order chi connectivity index (χ1) is 9.00. The van der Waals surface area contributed by atoms with Crippen molar-refractivity contribution in [3.8, 4) is 0 Å². The molecular weight excluding hydrogens is 242 g/mol. The van der Waals surface area contributed by atoms with E-state index in [4.69, 9.17) is 0 Å². The van der Waals surface area contributed by atoms with Crippen LogP contribution in [0.1, 0.15) is 32.6 Å². The summed E-state index contributed by atoms with van der Waals surface area (Å²) in [7, 11) is 0. The summed E-state index contributed by atoms with van der Waals surface area (Å²) in [5.41, 5.74) is 1.74. The number of carbonyl (C=O) groups is 2. The normalized spacial score (nSPS) is 12.4. The second-order valence-corrected chi connectivity index (χ2v) is 4.58. The van der Waals surface area contributed by atoms with E-state index in [1.807, 2.05) is 35.8 Å². The van der Waals surface area contributed by atoms with E-state index in [1.165, 1.54) is 6.92 Å². The SMILES string of the molecule is CC(=O)NCc1nc2ccccc2n1C(C)C(C)=O. The molecule has 1 amide bonds. The molecule has 5 nitrogen and oxygen atoms in total. The fourth-order valence-corrected chi connectivity index (χ4v) is 2.04. The van der Waals surface area contributed by atoms with Gasteiger partial charge in [0.25, 0.3) is 0 Å². The Morgan fingerprint density at radius 1 is 1.32 bits per heavy atom. The number of aromatic nitrogens is 2. The first-order valence-electron chi connectivity index (χ1n) is 6.21. The summed E-state index contributed by atoms with van der Waals surface area (Å²) in [6.07, 6.45) is 0. The zero-order valence-corrected chi connectivity index (χ0v) is 11.3. The number of carbonyl (C=O) groups excluding carboxylic acids is 2. The summed E-state index contributed by atoms with van der Waals surface area (Å²) in [6.45, 7) is 5.18. The predicted octanol–water partition coefficient (Wildman–Crippen LogP) is 1.82. The average Bonchev–Trinajstić information content (AvgIpc) is 2.73. The number of Topliss-reactive ketones (excluding diaryl/α,β-unsaturated/α-hetero) is 1. The Labute approximate surface area is 111 Å². The Morgan fingerprint density at radius 3 is 2.63 bits per heavy atom. The van der Waals surface area contributed by atoms with Gasteiger partial charge >= 0.3 is 0 Å². The molecule has 0 aliphatic carbocycles. The number of fused-ring (bicyclic) bond motifs is 1. The highest BCUT2D eigenvalue weighted by Gasteiger charge is 2.18. The molecule has 0 saturated heterocycles. The fourth-order valence-electron chi connectivity index (χ4n) is 2.04. The third-order valence-electron chi connectivity index (χ3n) is 3.14. The van der Waals surface area contributed by atoms with Crippen LogP contribution in [0.2, 0.25) is 0 Å². The number of nitrogens with zero attached hydrogens (tertiary/aromatic N) is 2. The molecule has 1 heterocycles. The summed E-state index contributed by atoms with van der Waals surface area (Å²) in [6, 6.07) is 7.35. The predicted molar refractivity (Wildman–Crippen MR) is 72.6 cm³/mol. The zero-order chi connectivity index (χ0) is 14.0. The lowest BCUT2D eigenvalue weighted by atomic mass is 10.2. The molecule has 1 atom stereocenters. The number of imidazole rings is 1. The highest BCUT2D eigenvalue weighted by atomic mass is 16.1. The minimum atomic E-state index is -0.295. The van der Waals surface area contributed by atoms with Crippen LogP contribution < -0.4 is 5.32 Å². The molecule has 0 saturated carbocycles. The number of benzene rings is 1. The largest absolute Gasteiger partial charge is 0.349 e. The van der Waals surface area contributed by atoms with Crippen LogP contribution in [0.4, 0.5) is 0 Å². The summed E-state index contributed by atoms with van der Waals surface area (Å²) >= 11 is 0. The highest BCUT2D eigenvalue weighted by Crippen LogP contribution is 2.21. The van der Waals surface area contributed by atoms with Crippen LogP contribution in [0.3, 0.4) is 0 Å². The molecular formula is C14H17N3O2. The van der Waals surface area contributed by atoms with Gasteiger partial charge in [-0.05, 0) is 26.0 Å². The van der Waals surface area contributed by atoms with Crippen LogP contribution in [-0.4, -0.2) is 21.2 Å². The van der Waals surface area contributed by atoms with Crippen LogP contribution in [0.25, 0.3) is 11.0 Å². The van der Waals surface area contributed by atoms with Crippen molar-refractivity contribution in [1.29, 1.82) is 0 Å². The number of hydrogen-bond donors (Lipinski definition) is 1. The third-order valence-corrected chi connectivity index (χ3v) is 3.14. The maximum atomic E-state index is 11.6. The van der Waals surface area contributed by atoms with Crippen molar-refractivity contribution >= 4 is 22.7 Å². The smallest absolute Gasteiger partial charge is 0.217 e. The van der Waals surface area contributed by atoms with E-state index in [9.17, 15) is 9.59 Å². The highest BCUT2D eigenvalue weighted by molar-refractivity contribution is 5.84. The molecule has 0 fully saturated rings. The topological polar surface area (TPSA) is 64.0 Å². The third kappa shape index (κ3) is 2.65. The van der Waals surface area contributed by atoms with Gasteiger partial charge in [-0.15, -0.1) is 0 Å². The quantitative estimate of drug-likeness (QED) is 0.911. The van der Waals surface area contributed by atoms with E-state index in [0.29, 0.717) is 12.4 Å². The second kappa shape index (κ2) is 5.22. The maximum Gasteiger partial charge on any atom is 0.217 e. The molecule has 1 N–H and O–H groups in total. The first kappa shape index (κ1) is 13.3. The minimum absolute atomic E-state index is 0.0622. The molecule has 5 heteroatoms. The lowest BCUT2D eigenvalue weighted by molar-refractivity contribution is -0.119. The number of nitrogens with one attached hydrogen (secondary N) is 1. The molecule has 0 bridgehead atoms. The minimum Gasteiger partial charge on any atom is -0.349 e. The molecule has 2 aromatic rings. The van der Waals surface area contributed by atoms with Gasteiger partial charge < -0.3 is 9.88 Å². The number of para-hydroxylation sites is 2. The zero-order valence-electron chi connectivity index (χ0n) is 11.3. The van der Waals surface area contributed by atoms with Gasteiger partial charge in [0.15, 0.2) is 5.78 Å². The molecule has 0 radical (unpaired) electrons. The van der Waals surface area contributed by atoms with Gasteiger partial charge in [0.05, 0.1) is 23.6 Å². The van der Waals surface area contributed by atoms with E-state index >= 15 is 0 Å². The van der Waals surface area contributed by atoms with Crippen molar-refractivity contribution < 1.29 is 9.59 Å². The molecule has 2 rings (SSSR count). The van der Waals surface area contributed by atoms with Gasteiger partial charge in [-0.1, -0.05) is 12.1 Å². The van der Waals surface area contributed by atoms with E-state index < -0.39 is 0 Å². The summed E-state index contributed by atoms with van der Waals surface area (Å²) in [5, 5.41) is 2.72. The van der Waals surface area contributed by atoms with Gasteiger partial charge in [0.1, 0.15) is 5.82 Å². The van der Waals surface area contributed by atoms with Gasteiger partial charge in [0.2, 0.25) is 5.91 Å². The van der Waals surface area contributed by atoms with Crippen molar-refractivity contribution in [2.24, 2.45) is 0 Å². The average molecular weight is 259 g/mol. The van der Waals surface area contributed by atoms with Crippen molar-refractivity contribution in [1.82, 2.24) is 14.9 Å². The van der Waals surface area contributed by atoms with Crippen LogP contribution >= 0.6 is 0 Å². The van der Waals surface area contributed by atoms with Crippen molar-refractivity contribution in [3.63, 3.8) is 0 Å². The molecule has 0 aliphatic heterocycles. The number of ketones is 1. The Kier molecular flexibility index (Phi) is 3.64. The lowest BCUT2D eigenvalue weighted by Crippen LogP contribution is -2.24. The van der Waals surface area contributed by atoms with Gasteiger partial charge in [0, 0.05) is 6.92 Å². The summed E-state index contributed by atoms with van der Waals surface area (Å²) < 4.78 is 1.88. The van der Waals surface area contributed by atoms with Crippen LogP contribution in [-0.2, 0) is 16.1 Å². The monoisotopic (exact) mass is 259 g/mol. The van der Waals surface area contributed by atoms with Crippen molar-refractivity contribution in [2.75, 3.05) is 0 Å². The second-order valence-electron chi connectivity index (χ2n) is 4.58. The van der Waals surface area contributed by atoms with Crippen LogP contribution in [0.15, 0.2) is 24.3 Å². The number of amides is 1. The summed E-state index contributed by atoms with van der Waals surface area (Å²) in [4.78, 5) is 27.2. The molecule has 1 unspecified atom stereocenters. The lowest BCUT2D eigenvalue weighted by Gasteiger charge is -2.15. The van der Waals surface area contributed by atoms with Gasteiger partial charge in [-0.3, -0.25) is 9.59 Å². The Bertz CT molecular complexity index is 631. The molecule has 100 valence electrons. The Hall–Kier alpha value is -2.17. The fraction of sp³-hybridized carbons (Fsp3) is 0.357.